The van der Waals surface area contributed by atoms with E-state index >= 15 is 0 Å². The number of nitrogens with two attached hydrogens (primary N) is 1. The molecule has 0 unspecified atom stereocenters. The number of nitrogens with zero attached hydrogens (tertiary/aromatic N) is 2. The Morgan fingerprint density at radius 1 is 1.19 bits per heavy atom. The van der Waals surface area contributed by atoms with Crippen molar-refractivity contribution in [2.45, 2.75) is 25.9 Å². The van der Waals surface area contributed by atoms with Crippen molar-refractivity contribution in [1.82, 2.24) is 5.32 Å². The van der Waals surface area contributed by atoms with Gasteiger partial charge >= 0.3 is 6.18 Å². The van der Waals surface area contributed by atoms with Gasteiger partial charge in [-0.2, -0.15) is 13.2 Å². The first-order valence-electron chi connectivity index (χ1n) is 8.49. The molecular formula is C19H23F3N4. The molecule has 1 aromatic carbocycles. The van der Waals surface area contributed by atoms with Gasteiger partial charge in [-0.3, -0.25) is 9.98 Å². The molecule has 0 saturated carbocycles. The zero-order valence-electron chi connectivity index (χ0n) is 14.9. The van der Waals surface area contributed by atoms with Gasteiger partial charge in [0.2, 0.25) is 0 Å². The molecule has 0 fully saturated rings. The molecule has 1 aliphatic heterocycles. The summed E-state index contributed by atoms with van der Waals surface area (Å²) < 4.78 is 38.3. The fourth-order valence-electron chi connectivity index (χ4n) is 2.56. The van der Waals surface area contributed by atoms with Crippen molar-refractivity contribution >= 4 is 17.2 Å². The number of benzene rings is 1. The Bertz CT molecular complexity index is 741. The Kier molecular flexibility index (Phi) is 6.74. The molecule has 0 bridgehead atoms. The van der Waals surface area contributed by atoms with Crippen LogP contribution < -0.4 is 11.1 Å². The molecule has 3 N–H and O–H groups in total. The zero-order chi connectivity index (χ0) is 19.2. The van der Waals surface area contributed by atoms with Crippen LogP contribution in [0, 0.1) is 0 Å². The van der Waals surface area contributed by atoms with Crippen LogP contribution in [0.25, 0.3) is 5.70 Å². The molecule has 0 amide bonds. The minimum Gasteiger partial charge on any atom is -0.339 e. The van der Waals surface area contributed by atoms with Gasteiger partial charge in [0, 0.05) is 24.9 Å². The van der Waals surface area contributed by atoms with Crippen LogP contribution in [-0.2, 0) is 6.18 Å². The van der Waals surface area contributed by atoms with E-state index < -0.39 is 11.7 Å². The van der Waals surface area contributed by atoms with E-state index in [-0.39, 0.29) is 0 Å². The summed E-state index contributed by atoms with van der Waals surface area (Å²) in [6, 6.07) is 5.04. The average molecular weight is 364 g/mol. The fourth-order valence-corrected chi connectivity index (χ4v) is 2.56. The summed E-state index contributed by atoms with van der Waals surface area (Å²) in [6.07, 6.45) is 1.06. The van der Waals surface area contributed by atoms with Gasteiger partial charge in [0.05, 0.1) is 11.3 Å². The molecule has 2 rings (SSSR count). The highest BCUT2D eigenvalue weighted by atomic mass is 19.4. The third kappa shape index (κ3) is 4.82. The van der Waals surface area contributed by atoms with E-state index in [2.05, 4.69) is 15.3 Å². The highest BCUT2D eigenvalue weighted by Gasteiger charge is 2.30. The number of rotatable bonds is 5. The van der Waals surface area contributed by atoms with Gasteiger partial charge in [-0.1, -0.05) is 25.1 Å². The van der Waals surface area contributed by atoms with Gasteiger partial charge in [-0.15, -0.1) is 0 Å². The fraction of sp³-hybridized carbons (Fsp3) is 0.368. The predicted octanol–water partition coefficient (Wildman–Crippen LogP) is 3.80. The summed E-state index contributed by atoms with van der Waals surface area (Å²) in [5.74, 6) is 0.665. The maximum Gasteiger partial charge on any atom is 0.416 e. The van der Waals surface area contributed by atoms with Crippen LogP contribution >= 0.6 is 0 Å². The second-order valence-corrected chi connectivity index (χ2v) is 5.77. The molecule has 0 saturated heterocycles. The van der Waals surface area contributed by atoms with Gasteiger partial charge in [-0.25, -0.2) is 0 Å². The molecule has 0 aromatic heterocycles. The van der Waals surface area contributed by atoms with E-state index in [9.17, 15) is 13.2 Å². The van der Waals surface area contributed by atoms with Crippen molar-refractivity contribution in [3.63, 3.8) is 0 Å². The van der Waals surface area contributed by atoms with Crippen LogP contribution in [0.4, 0.5) is 13.2 Å². The van der Waals surface area contributed by atoms with Crippen LogP contribution in [0.2, 0.25) is 0 Å². The van der Waals surface area contributed by atoms with E-state index in [0.717, 1.165) is 36.3 Å². The van der Waals surface area contributed by atoms with Crippen molar-refractivity contribution in [2.75, 3.05) is 20.1 Å². The summed E-state index contributed by atoms with van der Waals surface area (Å²) in [5, 5.41) is 3.23. The van der Waals surface area contributed by atoms with Crippen molar-refractivity contribution in [1.29, 1.82) is 0 Å². The highest BCUT2D eigenvalue weighted by Crippen LogP contribution is 2.30. The summed E-state index contributed by atoms with van der Waals surface area (Å²) >= 11 is 0. The number of hydrogen-bond donors (Lipinski definition) is 2. The Labute approximate surface area is 151 Å². The second kappa shape index (κ2) is 8.80. The van der Waals surface area contributed by atoms with Crippen LogP contribution in [0.5, 0.6) is 0 Å². The number of nitrogens with one attached hydrogen (secondary N) is 1. The Morgan fingerprint density at radius 2 is 1.88 bits per heavy atom. The lowest BCUT2D eigenvalue weighted by atomic mass is 9.98. The van der Waals surface area contributed by atoms with Crippen molar-refractivity contribution < 1.29 is 13.2 Å². The van der Waals surface area contributed by atoms with Crippen LogP contribution in [0.1, 0.15) is 30.9 Å². The number of halogens is 3. The van der Waals surface area contributed by atoms with E-state index in [4.69, 9.17) is 5.73 Å². The van der Waals surface area contributed by atoms with Crippen molar-refractivity contribution in [3.05, 3.63) is 53.1 Å². The monoisotopic (exact) mass is 364 g/mol. The van der Waals surface area contributed by atoms with Crippen LogP contribution in [0.3, 0.4) is 0 Å². The minimum atomic E-state index is -4.35. The smallest absolute Gasteiger partial charge is 0.339 e. The van der Waals surface area contributed by atoms with Gasteiger partial charge in [0.25, 0.3) is 0 Å². The first-order chi connectivity index (χ1) is 12.4. The van der Waals surface area contributed by atoms with E-state index in [1.807, 2.05) is 19.1 Å². The largest absolute Gasteiger partial charge is 0.416 e. The molecule has 140 valence electrons. The average Bonchev–Trinajstić information content (AvgIpc) is 2.62. The van der Waals surface area contributed by atoms with E-state index in [1.165, 1.54) is 12.1 Å². The Hall–Kier alpha value is -2.41. The summed E-state index contributed by atoms with van der Waals surface area (Å²) in [5.41, 5.74) is 7.79. The normalized spacial score (nSPS) is 19.8. The maximum absolute atomic E-state index is 12.8. The number of amidine groups is 1. The first kappa shape index (κ1) is 19.9. The maximum atomic E-state index is 12.8. The topological polar surface area (TPSA) is 62.8 Å². The molecule has 0 aliphatic carbocycles. The molecule has 0 radical (unpaired) electrons. The highest BCUT2D eigenvalue weighted by molar-refractivity contribution is 6.32. The molecule has 26 heavy (non-hydrogen) atoms. The molecule has 1 aliphatic rings. The molecule has 4 nitrogen and oxygen atoms in total. The van der Waals surface area contributed by atoms with Gasteiger partial charge < -0.3 is 11.1 Å². The molecule has 7 heteroatoms. The molecule has 0 atom stereocenters. The third-order valence-corrected chi connectivity index (χ3v) is 3.87. The van der Waals surface area contributed by atoms with Crippen molar-refractivity contribution in [2.24, 2.45) is 15.7 Å². The summed E-state index contributed by atoms with van der Waals surface area (Å²) in [7, 11) is 1.68. The number of aliphatic imine (C=N–C) groups is 2. The minimum absolute atomic E-state index is 0.542. The lowest BCUT2D eigenvalue weighted by molar-refractivity contribution is -0.137. The van der Waals surface area contributed by atoms with Gasteiger partial charge in [0.15, 0.2) is 0 Å². The lowest BCUT2D eigenvalue weighted by Crippen LogP contribution is -2.32. The first-order valence-corrected chi connectivity index (χ1v) is 8.49. The van der Waals surface area contributed by atoms with Gasteiger partial charge in [0.1, 0.15) is 5.84 Å². The second-order valence-electron chi connectivity index (χ2n) is 5.77. The van der Waals surface area contributed by atoms with Crippen LogP contribution in [0.15, 0.2) is 52.0 Å². The predicted molar refractivity (Wildman–Crippen MR) is 100 cm³/mol. The third-order valence-electron chi connectivity index (χ3n) is 3.87. The van der Waals surface area contributed by atoms with Crippen LogP contribution in [-0.4, -0.2) is 31.7 Å². The van der Waals surface area contributed by atoms with Gasteiger partial charge in [-0.05, 0) is 43.2 Å². The molecule has 1 heterocycles. The SMILES string of the molecule is CC/C=C1\C(=NC)C=C(c2ccc(C(F)(F)F)cc2)NC1=NCCCN. The van der Waals surface area contributed by atoms with E-state index in [1.54, 1.807) is 7.05 Å². The Balaban J connectivity index is 2.40. The summed E-state index contributed by atoms with van der Waals surface area (Å²) in [6.45, 7) is 3.13. The summed E-state index contributed by atoms with van der Waals surface area (Å²) in [4.78, 5) is 8.86. The lowest BCUT2D eigenvalue weighted by Gasteiger charge is -2.22. The standard InChI is InChI=1S/C19H23F3N4/c1-3-5-15-17(24-2)12-16(26-18(15)25-11-4-10-23)13-6-8-14(9-7-13)19(20,21)22/h5-9,12H,3-4,10-11,23H2,1-2H3,(H,25,26)/b15-5+,24-17?. The Morgan fingerprint density at radius 3 is 2.42 bits per heavy atom. The molecule has 1 aromatic rings. The quantitative estimate of drug-likeness (QED) is 0.781. The number of allylic oxidation sites excluding steroid dienone is 2. The zero-order valence-corrected chi connectivity index (χ0v) is 14.9. The van der Waals surface area contributed by atoms with Crippen molar-refractivity contribution in [3.8, 4) is 0 Å². The molecule has 0 spiro atoms. The van der Waals surface area contributed by atoms with E-state index in [0.29, 0.717) is 30.2 Å². The number of alkyl halides is 3. The molecular weight excluding hydrogens is 341 g/mol. The number of hydrogen-bond acceptors (Lipinski definition) is 3.